The Bertz CT molecular complexity index is 1020. The summed E-state index contributed by atoms with van der Waals surface area (Å²) < 4.78 is 8.32. The van der Waals surface area contributed by atoms with E-state index >= 15 is 0 Å². The number of aromatic nitrogens is 5. The van der Waals surface area contributed by atoms with E-state index in [2.05, 4.69) is 60.4 Å². The van der Waals surface area contributed by atoms with E-state index in [1.54, 1.807) is 16.9 Å². The molecule has 1 aliphatic rings. The van der Waals surface area contributed by atoms with Crippen LogP contribution in [0.2, 0.25) is 0 Å². The van der Waals surface area contributed by atoms with E-state index in [0.29, 0.717) is 23.6 Å². The van der Waals surface area contributed by atoms with Gasteiger partial charge in [-0.2, -0.15) is 10.1 Å². The third-order valence-electron chi connectivity index (χ3n) is 4.37. The van der Waals surface area contributed by atoms with Gasteiger partial charge in [0.15, 0.2) is 5.65 Å². The van der Waals surface area contributed by atoms with Gasteiger partial charge in [0.2, 0.25) is 11.7 Å². The summed E-state index contributed by atoms with van der Waals surface area (Å²) in [5.74, 6) is 1.98. The molecule has 24 heavy (non-hydrogen) atoms. The van der Waals surface area contributed by atoms with Crippen LogP contribution in [0.3, 0.4) is 0 Å². The number of fused-ring (bicyclic) bond motifs is 1. The summed E-state index contributed by atoms with van der Waals surface area (Å²) in [6.45, 7) is 0. The van der Waals surface area contributed by atoms with Crippen molar-refractivity contribution in [2.24, 2.45) is 0 Å². The molecule has 1 saturated carbocycles. The van der Waals surface area contributed by atoms with Crippen LogP contribution in [0.5, 0.6) is 0 Å². The zero-order valence-electron chi connectivity index (χ0n) is 12.5. The smallest absolute Gasteiger partial charge is 0.230 e. The lowest BCUT2D eigenvalue weighted by atomic mass is 10.1. The van der Waals surface area contributed by atoms with Gasteiger partial charge in [-0.15, -0.1) is 0 Å². The average Bonchev–Trinajstić information content (AvgIpc) is 3.04. The fourth-order valence-corrected chi connectivity index (χ4v) is 3.30. The van der Waals surface area contributed by atoms with Crippen LogP contribution in [0.1, 0.15) is 29.7 Å². The zero-order valence-corrected chi connectivity index (χ0v) is 14.1. The first-order chi connectivity index (χ1) is 11.8. The van der Waals surface area contributed by atoms with Crippen molar-refractivity contribution >= 4 is 21.6 Å². The molecule has 0 spiro atoms. The van der Waals surface area contributed by atoms with Crippen molar-refractivity contribution in [1.29, 1.82) is 0 Å². The van der Waals surface area contributed by atoms with Crippen LogP contribution in [0.25, 0.3) is 17.2 Å². The molecule has 0 unspecified atom stereocenters. The Balaban J connectivity index is 1.44. The minimum absolute atomic E-state index is 0.294. The van der Waals surface area contributed by atoms with Gasteiger partial charge in [0.05, 0.1) is 6.20 Å². The van der Waals surface area contributed by atoms with Crippen LogP contribution >= 0.6 is 15.9 Å². The molecule has 1 fully saturated rings. The fraction of sp³-hybridized carbons (Fsp3) is 0.176. The number of hydrogen-bond donors (Lipinski definition) is 0. The summed E-state index contributed by atoms with van der Waals surface area (Å²) in [6.07, 6.45) is 4.47. The third-order valence-corrected chi connectivity index (χ3v) is 4.90. The highest BCUT2D eigenvalue weighted by molar-refractivity contribution is 9.10. The zero-order chi connectivity index (χ0) is 16.1. The van der Waals surface area contributed by atoms with E-state index in [9.17, 15) is 0 Å². The minimum Gasteiger partial charge on any atom is -0.339 e. The minimum atomic E-state index is 0.294. The van der Waals surface area contributed by atoms with E-state index in [4.69, 9.17) is 4.52 Å². The first kappa shape index (κ1) is 13.9. The molecule has 4 aromatic rings. The van der Waals surface area contributed by atoms with Gasteiger partial charge in [0.25, 0.3) is 0 Å². The van der Waals surface area contributed by atoms with E-state index in [0.717, 1.165) is 22.2 Å². The Morgan fingerprint density at radius 3 is 2.79 bits per heavy atom. The first-order valence-corrected chi connectivity index (χ1v) is 8.47. The Kier molecular flexibility index (Phi) is 3.02. The molecule has 6 nitrogen and oxygen atoms in total. The highest BCUT2D eigenvalue weighted by Crippen LogP contribution is 2.54. The molecule has 5 rings (SSSR count). The first-order valence-electron chi connectivity index (χ1n) is 7.68. The largest absolute Gasteiger partial charge is 0.339 e. The van der Waals surface area contributed by atoms with Crippen LogP contribution < -0.4 is 0 Å². The van der Waals surface area contributed by atoms with E-state index in [1.807, 2.05) is 12.1 Å². The monoisotopic (exact) mass is 381 g/mol. The molecule has 1 aliphatic carbocycles. The summed E-state index contributed by atoms with van der Waals surface area (Å²) in [5.41, 5.74) is 2.85. The lowest BCUT2D eigenvalue weighted by molar-refractivity contribution is 0.378. The quantitative estimate of drug-likeness (QED) is 0.539. The van der Waals surface area contributed by atoms with Crippen LogP contribution in [-0.2, 0) is 0 Å². The predicted octanol–water partition coefficient (Wildman–Crippen LogP) is 3.81. The predicted molar refractivity (Wildman–Crippen MR) is 90.5 cm³/mol. The molecule has 0 N–H and O–H groups in total. The number of halogens is 1. The van der Waals surface area contributed by atoms with Crippen molar-refractivity contribution in [3.8, 4) is 11.5 Å². The van der Waals surface area contributed by atoms with Crippen molar-refractivity contribution < 1.29 is 4.52 Å². The van der Waals surface area contributed by atoms with Crippen LogP contribution in [0.15, 0.2) is 57.8 Å². The van der Waals surface area contributed by atoms with E-state index in [-0.39, 0.29) is 0 Å². The van der Waals surface area contributed by atoms with Crippen LogP contribution in [0, 0.1) is 0 Å². The SMILES string of the molecule is Brc1ccc([C@@H]2C[C@H]2c2nc(-c3ccnc4ccnn34)no2)cc1. The van der Waals surface area contributed by atoms with Crippen molar-refractivity contribution in [2.75, 3.05) is 0 Å². The summed E-state index contributed by atoms with van der Waals surface area (Å²) in [7, 11) is 0. The molecule has 118 valence electrons. The molecule has 0 amide bonds. The maximum atomic E-state index is 5.51. The summed E-state index contributed by atoms with van der Waals surface area (Å²) in [4.78, 5) is 8.84. The van der Waals surface area contributed by atoms with Crippen molar-refractivity contribution in [1.82, 2.24) is 24.7 Å². The van der Waals surface area contributed by atoms with Gasteiger partial charge in [-0.05, 0) is 36.1 Å². The van der Waals surface area contributed by atoms with Crippen molar-refractivity contribution in [3.63, 3.8) is 0 Å². The summed E-state index contributed by atoms with van der Waals surface area (Å²) >= 11 is 3.47. The topological polar surface area (TPSA) is 69.1 Å². The second-order valence-electron chi connectivity index (χ2n) is 5.89. The maximum Gasteiger partial charge on any atom is 0.230 e. The number of hydrogen-bond acceptors (Lipinski definition) is 5. The van der Waals surface area contributed by atoms with Gasteiger partial charge in [0.1, 0.15) is 5.69 Å². The van der Waals surface area contributed by atoms with Crippen LogP contribution in [-0.4, -0.2) is 24.7 Å². The standard InChI is InChI=1S/C17H12BrN5O/c18-11-3-1-10(2-4-11)12-9-13(12)17-21-16(22-24-17)14-5-7-19-15-6-8-20-23(14)15/h1-8,12-13H,9H2/t12-,13+/m0/s1. The van der Waals surface area contributed by atoms with Crippen LogP contribution in [0.4, 0.5) is 0 Å². The van der Waals surface area contributed by atoms with Crippen molar-refractivity contribution in [3.05, 3.63) is 64.7 Å². The van der Waals surface area contributed by atoms with Gasteiger partial charge in [-0.3, -0.25) is 0 Å². The molecule has 3 heterocycles. The highest BCUT2D eigenvalue weighted by Gasteiger charge is 2.43. The Morgan fingerprint density at radius 2 is 1.92 bits per heavy atom. The molecule has 2 atom stereocenters. The molecule has 1 aromatic carbocycles. The highest BCUT2D eigenvalue weighted by atomic mass is 79.9. The summed E-state index contributed by atoms with van der Waals surface area (Å²) in [6, 6.07) is 12.1. The Hall–Kier alpha value is -2.54. The molecule has 3 aromatic heterocycles. The lowest BCUT2D eigenvalue weighted by Gasteiger charge is -1.98. The van der Waals surface area contributed by atoms with Gasteiger partial charge < -0.3 is 4.52 Å². The van der Waals surface area contributed by atoms with Gasteiger partial charge >= 0.3 is 0 Å². The molecule has 0 bridgehead atoms. The molecule has 0 saturated heterocycles. The van der Waals surface area contributed by atoms with Gasteiger partial charge in [-0.1, -0.05) is 33.2 Å². The normalized spacial score (nSPS) is 19.7. The van der Waals surface area contributed by atoms with E-state index < -0.39 is 0 Å². The van der Waals surface area contributed by atoms with E-state index in [1.165, 1.54) is 5.56 Å². The van der Waals surface area contributed by atoms with Crippen molar-refractivity contribution in [2.45, 2.75) is 18.3 Å². The number of nitrogens with zero attached hydrogens (tertiary/aromatic N) is 5. The Labute approximate surface area is 145 Å². The molecular formula is C17H12BrN5O. The molecule has 7 heteroatoms. The molecule has 0 aliphatic heterocycles. The fourth-order valence-electron chi connectivity index (χ4n) is 3.04. The van der Waals surface area contributed by atoms with Gasteiger partial charge in [0, 0.05) is 22.7 Å². The lowest BCUT2D eigenvalue weighted by Crippen LogP contribution is -1.96. The molecular weight excluding hydrogens is 370 g/mol. The number of benzene rings is 1. The maximum absolute atomic E-state index is 5.51. The second-order valence-corrected chi connectivity index (χ2v) is 6.80. The van der Waals surface area contributed by atoms with Gasteiger partial charge in [-0.25, -0.2) is 9.50 Å². The molecule has 0 radical (unpaired) electrons. The average molecular weight is 382 g/mol. The second kappa shape index (κ2) is 5.24. The summed E-state index contributed by atoms with van der Waals surface area (Å²) in [5, 5.41) is 8.40. The third kappa shape index (κ3) is 2.24. The Morgan fingerprint density at radius 1 is 1.04 bits per heavy atom. The number of rotatable bonds is 3.